The molecule has 1 aromatic rings. The minimum absolute atomic E-state index is 0. The van der Waals surface area contributed by atoms with Crippen molar-refractivity contribution in [3.05, 3.63) is 34.4 Å². The Morgan fingerprint density at radius 1 is 1.27 bits per heavy atom. The van der Waals surface area contributed by atoms with Crippen molar-refractivity contribution < 1.29 is 9.66 Å². The van der Waals surface area contributed by atoms with Crippen molar-refractivity contribution in [2.75, 3.05) is 45.7 Å². The number of nitro benzene ring substituents is 1. The predicted octanol–water partition coefficient (Wildman–Crippen LogP) is 1.44. The highest BCUT2D eigenvalue weighted by molar-refractivity contribution is 14.0. The molecule has 0 aliphatic rings. The zero-order valence-corrected chi connectivity index (χ0v) is 15.0. The summed E-state index contributed by atoms with van der Waals surface area (Å²) >= 11 is 0. The molecule has 0 radical (unpaired) electrons. The Morgan fingerprint density at radius 3 is 2.59 bits per heavy atom. The minimum atomic E-state index is -0.402. The number of nitrogens with zero attached hydrogens (tertiary/aromatic N) is 2. The van der Waals surface area contributed by atoms with E-state index in [1.54, 1.807) is 32.4 Å². The lowest BCUT2D eigenvalue weighted by molar-refractivity contribution is -0.384. The molecule has 22 heavy (non-hydrogen) atoms. The van der Waals surface area contributed by atoms with Gasteiger partial charge < -0.3 is 20.7 Å². The van der Waals surface area contributed by atoms with Gasteiger partial charge in [0.1, 0.15) is 5.69 Å². The van der Waals surface area contributed by atoms with Gasteiger partial charge in [-0.05, 0) is 6.07 Å². The molecule has 0 amide bonds. The number of hydrogen-bond donors (Lipinski definition) is 3. The number of nitro groups is 1. The van der Waals surface area contributed by atoms with E-state index in [1.807, 2.05) is 0 Å². The zero-order valence-electron chi connectivity index (χ0n) is 12.7. The quantitative estimate of drug-likeness (QED) is 0.146. The summed E-state index contributed by atoms with van der Waals surface area (Å²) in [5.74, 6) is 0.663. The van der Waals surface area contributed by atoms with Gasteiger partial charge in [0.15, 0.2) is 5.96 Å². The molecule has 8 nitrogen and oxygen atoms in total. The molecule has 0 saturated heterocycles. The van der Waals surface area contributed by atoms with E-state index >= 15 is 0 Å². The van der Waals surface area contributed by atoms with E-state index in [4.69, 9.17) is 4.74 Å². The number of guanidine groups is 1. The molecule has 0 spiro atoms. The topological polar surface area (TPSA) is 101 Å². The Labute approximate surface area is 146 Å². The molecule has 0 aromatic heterocycles. The van der Waals surface area contributed by atoms with Gasteiger partial charge in [-0.3, -0.25) is 15.1 Å². The maximum absolute atomic E-state index is 10.9. The molecule has 0 aliphatic carbocycles. The third kappa shape index (κ3) is 7.41. The van der Waals surface area contributed by atoms with Crippen LogP contribution in [0.5, 0.6) is 0 Å². The normalized spacial score (nSPS) is 10.5. The first-order chi connectivity index (χ1) is 10.2. The molecule has 0 aliphatic heterocycles. The second-order valence-electron chi connectivity index (χ2n) is 4.12. The van der Waals surface area contributed by atoms with Gasteiger partial charge in [0.2, 0.25) is 0 Å². The first-order valence-electron chi connectivity index (χ1n) is 6.59. The highest BCUT2D eigenvalue weighted by atomic mass is 127. The van der Waals surface area contributed by atoms with Gasteiger partial charge >= 0.3 is 0 Å². The Hall–Kier alpha value is -1.62. The highest BCUT2D eigenvalue weighted by Crippen LogP contribution is 2.22. The average Bonchev–Trinajstić information content (AvgIpc) is 2.50. The zero-order chi connectivity index (χ0) is 15.5. The molecule has 0 bridgehead atoms. The fourth-order valence-corrected chi connectivity index (χ4v) is 1.65. The van der Waals surface area contributed by atoms with E-state index in [0.29, 0.717) is 37.9 Å². The first-order valence-corrected chi connectivity index (χ1v) is 6.59. The Morgan fingerprint density at radius 2 is 1.95 bits per heavy atom. The number of benzene rings is 1. The van der Waals surface area contributed by atoms with Crippen molar-refractivity contribution in [1.29, 1.82) is 0 Å². The second-order valence-corrected chi connectivity index (χ2v) is 4.12. The lowest BCUT2D eigenvalue weighted by Crippen LogP contribution is -2.40. The van der Waals surface area contributed by atoms with Gasteiger partial charge in [0.25, 0.3) is 5.69 Å². The second kappa shape index (κ2) is 12.0. The van der Waals surface area contributed by atoms with Crippen LogP contribution in [0.2, 0.25) is 0 Å². The number of methoxy groups -OCH3 is 1. The molecule has 1 aromatic carbocycles. The van der Waals surface area contributed by atoms with Crippen molar-refractivity contribution in [1.82, 2.24) is 10.6 Å². The summed E-state index contributed by atoms with van der Waals surface area (Å²) in [6.07, 6.45) is 0. The summed E-state index contributed by atoms with van der Waals surface area (Å²) in [4.78, 5) is 14.5. The van der Waals surface area contributed by atoms with Crippen LogP contribution in [-0.2, 0) is 4.74 Å². The Balaban J connectivity index is 0.00000441. The molecule has 0 fully saturated rings. The van der Waals surface area contributed by atoms with Gasteiger partial charge in [0.05, 0.1) is 11.5 Å². The van der Waals surface area contributed by atoms with Crippen LogP contribution in [0.15, 0.2) is 29.3 Å². The molecule has 0 heterocycles. The maximum atomic E-state index is 10.9. The molecule has 0 atom stereocenters. The van der Waals surface area contributed by atoms with Crippen LogP contribution in [-0.4, -0.2) is 51.3 Å². The lowest BCUT2D eigenvalue weighted by Gasteiger charge is -2.12. The van der Waals surface area contributed by atoms with Crippen molar-refractivity contribution >= 4 is 41.3 Å². The molecule has 9 heteroatoms. The summed E-state index contributed by atoms with van der Waals surface area (Å²) in [6.45, 7) is 2.37. The fraction of sp³-hybridized carbons (Fsp3) is 0.462. The van der Waals surface area contributed by atoms with E-state index in [1.165, 1.54) is 6.07 Å². The molecule has 0 saturated carbocycles. The Bertz CT molecular complexity index is 484. The third-order valence-corrected chi connectivity index (χ3v) is 2.66. The monoisotopic (exact) mass is 423 g/mol. The van der Waals surface area contributed by atoms with E-state index in [2.05, 4.69) is 20.9 Å². The first kappa shape index (κ1) is 20.4. The van der Waals surface area contributed by atoms with Gasteiger partial charge in [-0.15, -0.1) is 24.0 Å². The van der Waals surface area contributed by atoms with Gasteiger partial charge in [0, 0.05) is 39.9 Å². The van der Waals surface area contributed by atoms with E-state index in [9.17, 15) is 10.1 Å². The maximum Gasteiger partial charge on any atom is 0.292 e. The molecule has 0 unspecified atom stereocenters. The van der Waals surface area contributed by atoms with Crippen molar-refractivity contribution in [3.63, 3.8) is 0 Å². The highest BCUT2D eigenvalue weighted by Gasteiger charge is 2.11. The lowest BCUT2D eigenvalue weighted by atomic mass is 10.2. The van der Waals surface area contributed by atoms with Gasteiger partial charge in [-0.25, -0.2) is 0 Å². The van der Waals surface area contributed by atoms with Crippen LogP contribution in [0.4, 0.5) is 11.4 Å². The summed E-state index contributed by atoms with van der Waals surface area (Å²) in [5.41, 5.74) is 0.576. The number of aliphatic imine (C=N–C) groups is 1. The summed E-state index contributed by atoms with van der Waals surface area (Å²) in [7, 11) is 3.31. The largest absolute Gasteiger partial charge is 0.383 e. The van der Waals surface area contributed by atoms with Crippen LogP contribution < -0.4 is 16.0 Å². The van der Waals surface area contributed by atoms with Gasteiger partial charge in [-0.2, -0.15) is 0 Å². The van der Waals surface area contributed by atoms with Crippen LogP contribution in [0, 0.1) is 10.1 Å². The number of hydrogen-bond acceptors (Lipinski definition) is 5. The summed E-state index contributed by atoms with van der Waals surface area (Å²) in [5, 5.41) is 20.1. The van der Waals surface area contributed by atoms with E-state index in [-0.39, 0.29) is 29.7 Å². The van der Waals surface area contributed by atoms with Gasteiger partial charge in [-0.1, -0.05) is 12.1 Å². The van der Waals surface area contributed by atoms with Crippen molar-refractivity contribution in [2.45, 2.75) is 0 Å². The number of para-hydroxylation sites is 2. The molecular weight excluding hydrogens is 401 g/mol. The van der Waals surface area contributed by atoms with Crippen molar-refractivity contribution in [3.8, 4) is 0 Å². The number of anilines is 1. The standard InChI is InChI=1S/C13H21N5O3.HI/c1-14-13(17-9-10-21-2)16-8-7-15-11-5-3-4-6-12(11)18(19)20;/h3-6,15H,7-10H2,1-2H3,(H2,14,16,17);1H. The van der Waals surface area contributed by atoms with Crippen LogP contribution in [0.3, 0.4) is 0 Å². The predicted molar refractivity (Wildman–Crippen MR) is 98.2 cm³/mol. The number of halogens is 1. The molecular formula is C13H22IN5O3. The summed E-state index contributed by atoms with van der Waals surface area (Å²) in [6, 6.07) is 6.56. The van der Waals surface area contributed by atoms with Crippen molar-refractivity contribution in [2.24, 2.45) is 4.99 Å². The van der Waals surface area contributed by atoms with Crippen LogP contribution in [0.1, 0.15) is 0 Å². The SMILES string of the molecule is CN=C(NCCNc1ccccc1[N+](=O)[O-])NCCOC.I. The number of nitrogens with one attached hydrogen (secondary N) is 3. The average molecular weight is 423 g/mol. The molecule has 124 valence electrons. The fourth-order valence-electron chi connectivity index (χ4n) is 1.65. The molecule has 1 rings (SSSR count). The number of rotatable bonds is 8. The molecule has 3 N–H and O–H groups in total. The number of ether oxygens (including phenoxy) is 1. The minimum Gasteiger partial charge on any atom is -0.383 e. The van der Waals surface area contributed by atoms with E-state index < -0.39 is 4.92 Å². The smallest absolute Gasteiger partial charge is 0.292 e. The summed E-state index contributed by atoms with van der Waals surface area (Å²) < 4.78 is 4.93. The van der Waals surface area contributed by atoms with E-state index in [0.717, 1.165) is 0 Å². The van der Waals surface area contributed by atoms with Crippen LogP contribution >= 0.6 is 24.0 Å². The third-order valence-electron chi connectivity index (χ3n) is 2.66. The van der Waals surface area contributed by atoms with Crippen LogP contribution in [0.25, 0.3) is 0 Å². The Kier molecular flexibility index (Phi) is 11.1.